The molecule has 0 saturated carbocycles. The molecule has 0 bridgehead atoms. The van der Waals surface area contributed by atoms with Gasteiger partial charge in [-0.1, -0.05) is 12.2 Å². The van der Waals surface area contributed by atoms with Gasteiger partial charge in [-0.25, -0.2) is 0 Å². The lowest BCUT2D eigenvalue weighted by atomic mass is 9.95. The number of primary amides is 1. The van der Waals surface area contributed by atoms with Crippen LogP contribution >= 0.6 is 12.2 Å². The van der Waals surface area contributed by atoms with Crippen LogP contribution in [-0.4, -0.2) is 41.6 Å². The van der Waals surface area contributed by atoms with Crippen molar-refractivity contribution in [3.63, 3.8) is 0 Å². The first-order valence-corrected chi connectivity index (χ1v) is 6.00. The van der Waals surface area contributed by atoms with Crippen LogP contribution in [0.4, 0.5) is 13.2 Å². The number of likely N-dealkylation sites (tertiary alicyclic amines) is 1. The van der Waals surface area contributed by atoms with E-state index in [9.17, 15) is 18.0 Å². The Labute approximate surface area is 108 Å². The monoisotopic (exact) mass is 283 g/mol. The van der Waals surface area contributed by atoms with Gasteiger partial charge in [-0.05, 0) is 25.9 Å². The normalized spacial score (nSPS) is 20.6. The lowest BCUT2D eigenvalue weighted by molar-refractivity contribution is -0.160. The lowest BCUT2D eigenvalue weighted by Crippen LogP contribution is -2.47. The standard InChI is InChI=1S/C10H16F3N3OS/c11-10(12,13)7(9(15)18)5-16-3-1-6(2-4-16)8(14)17/h6-7H,1-5H2,(H2,14,17)(H2,15,18). The van der Waals surface area contributed by atoms with E-state index in [4.69, 9.17) is 11.5 Å². The first-order valence-electron chi connectivity index (χ1n) is 5.59. The van der Waals surface area contributed by atoms with E-state index in [1.54, 1.807) is 4.90 Å². The molecule has 0 aromatic heterocycles. The van der Waals surface area contributed by atoms with Crippen molar-refractivity contribution in [1.29, 1.82) is 0 Å². The van der Waals surface area contributed by atoms with Crippen LogP contribution in [0, 0.1) is 11.8 Å². The molecule has 1 fully saturated rings. The number of hydrogen-bond donors (Lipinski definition) is 2. The maximum Gasteiger partial charge on any atom is 0.399 e. The van der Waals surface area contributed by atoms with Crippen LogP contribution in [0.2, 0.25) is 0 Å². The summed E-state index contributed by atoms with van der Waals surface area (Å²) in [5.41, 5.74) is 10.3. The first kappa shape index (κ1) is 15.2. The van der Waals surface area contributed by atoms with Gasteiger partial charge in [0.25, 0.3) is 0 Å². The molecule has 18 heavy (non-hydrogen) atoms. The van der Waals surface area contributed by atoms with Crippen LogP contribution in [0.5, 0.6) is 0 Å². The van der Waals surface area contributed by atoms with Crippen molar-refractivity contribution < 1.29 is 18.0 Å². The van der Waals surface area contributed by atoms with E-state index in [2.05, 4.69) is 12.2 Å². The molecule has 0 aromatic carbocycles. The quantitative estimate of drug-likeness (QED) is 0.743. The molecule has 0 spiro atoms. The number of hydrogen-bond acceptors (Lipinski definition) is 3. The number of carbonyl (C=O) groups is 1. The molecule has 1 aliphatic heterocycles. The fourth-order valence-corrected chi connectivity index (χ4v) is 2.22. The summed E-state index contributed by atoms with van der Waals surface area (Å²) in [5, 5.41) is 0. The summed E-state index contributed by atoms with van der Waals surface area (Å²) in [5.74, 6) is -2.43. The molecular weight excluding hydrogens is 267 g/mol. The maximum absolute atomic E-state index is 12.7. The van der Waals surface area contributed by atoms with Crippen LogP contribution in [0.25, 0.3) is 0 Å². The van der Waals surface area contributed by atoms with E-state index in [1.807, 2.05) is 0 Å². The Morgan fingerprint density at radius 3 is 2.17 bits per heavy atom. The number of rotatable bonds is 4. The molecule has 0 aliphatic carbocycles. The number of nitrogens with two attached hydrogens (primary N) is 2. The van der Waals surface area contributed by atoms with Crippen LogP contribution < -0.4 is 11.5 Å². The van der Waals surface area contributed by atoms with Crippen LogP contribution in [0.3, 0.4) is 0 Å². The van der Waals surface area contributed by atoms with E-state index in [0.717, 1.165) is 0 Å². The molecule has 1 rings (SSSR count). The molecule has 8 heteroatoms. The molecule has 1 heterocycles. The number of carbonyl (C=O) groups excluding carboxylic acids is 1. The highest BCUT2D eigenvalue weighted by atomic mass is 32.1. The second-order valence-electron chi connectivity index (χ2n) is 4.47. The van der Waals surface area contributed by atoms with Gasteiger partial charge in [0.15, 0.2) is 0 Å². The largest absolute Gasteiger partial charge is 0.399 e. The zero-order chi connectivity index (χ0) is 13.9. The summed E-state index contributed by atoms with van der Waals surface area (Å²) in [4.78, 5) is 12.0. The van der Waals surface area contributed by atoms with Crippen LogP contribution in [0.1, 0.15) is 12.8 Å². The van der Waals surface area contributed by atoms with E-state index in [-0.39, 0.29) is 12.5 Å². The molecule has 4 nitrogen and oxygen atoms in total. The lowest BCUT2D eigenvalue weighted by Gasteiger charge is -2.33. The average molecular weight is 283 g/mol. The first-order chi connectivity index (χ1) is 8.21. The van der Waals surface area contributed by atoms with Gasteiger partial charge < -0.3 is 16.4 Å². The summed E-state index contributed by atoms with van der Waals surface area (Å²) in [7, 11) is 0. The second kappa shape index (κ2) is 5.83. The van der Waals surface area contributed by atoms with Crippen molar-refractivity contribution in [2.45, 2.75) is 19.0 Å². The van der Waals surface area contributed by atoms with Gasteiger partial charge in [0.2, 0.25) is 5.91 Å². The van der Waals surface area contributed by atoms with E-state index in [0.29, 0.717) is 25.9 Å². The Hall–Kier alpha value is -0.890. The molecule has 1 unspecified atom stereocenters. The third-order valence-electron chi connectivity index (χ3n) is 3.17. The predicted molar refractivity (Wildman–Crippen MR) is 64.7 cm³/mol. The van der Waals surface area contributed by atoms with Gasteiger partial charge in [-0.15, -0.1) is 0 Å². The van der Waals surface area contributed by atoms with Crippen molar-refractivity contribution in [3.8, 4) is 0 Å². The van der Waals surface area contributed by atoms with E-state index >= 15 is 0 Å². The number of alkyl halides is 3. The third-order valence-corrected chi connectivity index (χ3v) is 3.45. The molecule has 1 atom stereocenters. The number of halogens is 3. The molecule has 104 valence electrons. The number of thiocarbonyl (C=S) groups is 1. The highest BCUT2D eigenvalue weighted by Gasteiger charge is 2.43. The third kappa shape index (κ3) is 4.09. The van der Waals surface area contributed by atoms with Gasteiger partial charge in [0.1, 0.15) is 5.92 Å². The second-order valence-corrected chi connectivity index (χ2v) is 4.95. The van der Waals surface area contributed by atoms with Crippen molar-refractivity contribution in [2.75, 3.05) is 19.6 Å². The fourth-order valence-electron chi connectivity index (χ4n) is 2.01. The van der Waals surface area contributed by atoms with Gasteiger partial charge in [-0.2, -0.15) is 13.2 Å². The Morgan fingerprint density at radius 2 is 1.83 bits per heavy atom. The fraction of sp³-hybridized carbons (Fsp3) is 0.800. The molecule has 1 amide bonds. The van der Waals surface area contributed by atoms with Crippen molar-refractivity contribution in [2.24, 2.45) is 23.3 Å². The SMILES string of the molecule is NC(=O)C1CCN(CC(C(N)=S)C(F)(F)F)CC1. The molecule has 0 radical (unpaired) electrons. The maximum atomic E-state index is 12.7. The number of nitrogens with zero attached hydrogens (tertiary/aromatic N) is 1. The molecule has 4 N–H and O–H groups in total. The smallest absolute Gasteiger partial charge is 0.393 e. The minimum absolute atomic E-state index is 0.240. The number of amides is 1. The zero-order valence-electron chi connectivity index (χ0n) is 9.74. The van der Waals surface area contributed by atoms with Gasteiger partial charge in [-0.3, -0.25) is 4.79 Å². The summed E-state index contributed by atoms with van der Waals surface area (Å²) in [6, 6.07) is 0. The van der Waals surface area contributed by atoms with Crippen LogP contribution in [-0.2, 0) is 4.79 Å². The van der Waals surface area contributed by atoms with Gasteiger partial charge in [0.05, 0.1) is 4.99 Å². The Bertz CT molecular complexity index is 327. The highest BCUT2D eigenvalue weighted by molar-refractivity contribution is 7.80. The Balaban J connectivity index is 2.53. The van der Waals surface area contributed by atoms with E-state index in [1.165, 1.54) is 0 Å². The summed E-state index contributed by atoms with van der Waals surface area (Å²) in [6.45, 7) is 0.565. The minimum atomic E-state index is -4.42. The molecule has 1 aliphatic rings. The van der Waals surface area contributed by atoms with E-state index < -0.39 is 23.0 Å². The van der Waals surface area contributed by atoms with Crippen molar-refractivity contribution in [3.05, 3.63) is 0 Å². The van der Waals surface area contributed by atoms with Crippen LogP contribution in [0.15, 0.2) is 0 Å². The molecule has 0 aromatic rings. The summed E-state index contributed by atoms with van der Waals surface area (Å²) in [6.07, 6.45) is -3.46. The Kier molecular flexibility index (Phi) is 4.92. The predicted octanol–water partition coefficient (Wildman–Crippen LogP) is 0.648. The topological polar surface area (TPSA) is 72.4 Å². The number of piperidine rings is 1. The summed E-state index contributed by atoms with van der Waals surface area (Å²) < 4.78 is 38.0. The average Bonchev–Trinajstić information content (AvgIpc) is 2.24. The summed E-state index contributed by atoms with van der Waals surface area (Å²) >= 11 is 4.46. The molecule has 1 saturated heterocycles. The van der Waals surface area contributed by atoms with Gasteiger partial charge in [0, 0.05) is 12.5 Å². The molecular formula is C10H16F3N3OS. The van der Waals surface area contributed by atoms with Crippen molar-refractivity contribution >= 4 is 23.1 Å². The Morgan fingerprint density at radius 1 is 1.33 bits per heavy atom. The van der Waals surface area contributed by atoms with Gasteiger partial charge >= 0.3 is 6.18 Å². The zero-order valence-corrected chi connectivity index (χ0v) is 10.6. The minimum Gasteiger partial charge on any atom is -0.393 e. The highest BCUT2D eigenvalue weighted by Crippen LogP contribution is 2.28. The van der Waals surface area contributed by atoms with Crippen molar-refractivity contribution in [1.82, 2.24) is 4.90 Å².